The zero-order valence-corrected chi connectivity index (χ0v) is 8.44. The molecule has 1 aromatic carbocycles. The molecule has 0 fully saturated rings. The van der Waals surface area contributed by atoms with Gasteiger partial charge in [0.1, 0.15) is 6.29 Å². The van der Waals surface area contributed by atoms with Gasteiger partial charge in [0.05, 0.1) is 0 Å². The van der Waals surface area contributed by atoms with Gasteiger partial charge >= 0.3 is 0 Å². The van der Waals surface area contributed by atoms with Crippen LogP contribution in [0.2, 0.25) is 0 Å². The molecule has 13 heavy (non-hydrogen) atoms. The van der Waals surface area contributed by atoms with Gasteiger partial charge in [0.25, 0.3) is 5.92 Å². The maximum Gasteiger partial charge on any atom is 0.270 e. The summed E-state index contributed by atoms with van der Waals surface area (Å²) >= 11 is 3.05. The van der Waals surface area contributed by atoms with E-state index in [9.17, 15) is 13.6 Å². The fourth-order valence-corrected chi connectivity index (χ4v) is 1.44. The Kier molecular flexibility index (Phi) is 2.81. The number of carbonyl (C=O) groups is 1. The number of hydrogen-bond acceptors (Lipinski definition) is 1. The van der Waals surface area contributed by atoms with Crippen LogP contribution in [0, 0.1) is 0 Å². The second-order valence-electron chi connectivity index (χ2n) is 2.78. The number of rotatable bonds is 2. The van der Waals surface area contributed by atoms with Crippen LogP contribution in [0.3, 0.4) is 0 Å². The molecule has 0 N–H and O–H groups in total. The molecule has 0 bridgehead atoms. The lowest BCUT2D eigenvalue weighted by molar-refractivity contribution is 0.0174. The van der Waals surface area contributed by atoms with Crippen LogP contribution >= 0.6 is 15.9 Å². The zero-order valence-electron chi connectivity index (χ0n) is 6.85. The van der Waals surface area contributed by atoms with Crippen molar-refractivity contribution in [3.05, 3.63) is 33.8 Å². The molecular formula is C9H7BrF2O. The molecule has 4 heteroatoms. The van der Waals surface area contributed by atoms with Crippen molar-refractivity contribution in [3.63, 3.8) is 0 Å². The summed E-state index contributed by atoms with van der Waals surface area (Å²) in [6.07, 6.45) is 0.542. The highest BCUT2D eigenvalue weighted by atomic mass is 79.9. The first-order chi connectivity index (χ1) is 5.93. The minimum Gasteiger partial charge on any atom is -0.298 e. The zero-order chi connectivity index (χ0) is 10.1. The predicted octanol–water partition coefficient (Wildman–Crippen LogP) is 3.37. The summed E-state index contributed by atoms with van der Waals surface area (Å²) in [5, 5.41) is 0. The van der Waals surface area contributed by atoms with Gasteiger partial charge in [-0.1, -0.05) is 15.9 Å². The van der Waals surface area contributed by atoms with Crippen LogP contribution in [-0.4, -0.2) is 6.29 Å². The van der Waals surface area contributed by atoms with Crippen molar-refractivity contribution in [2.45, 2.75) is 12.8 Å². The number of benzene rings is 1. The van der Waals surface area contributed by atoms with E-state index in [2.05, 4.69) is 15.9 Å². The largest absolute Gasteiger partial charge is 0.298 e. The molecule has 0 saturated heterocycles. The molecule has 1 nitrogen and oxygen atoms in total. The summed E-state index contributed by atoms with van der Waals surface area (Å²) in [4.78, 5) is 10.4. The van der Waals surface area contributed by atoms with Crippen molar-refractivity contribution in [2.75, 3.05) is 0 Å². The highest BCUT2D eigenvalue weighted by molar-refractivity contribution is 9.10. The standard InChI is InChI=1S/C9H7BrF2O/c1-9(11,12)7-2-6(5-13)3-8(10)4-7/h2-5H,1H3. The van der Waals surface area contributed by atoms with Gasteiger partial charge in [0, 0.05) is 22.5 Å². The molecule has 0 radical (unpaired) electrons. The lowest BCUT2D eigenvalue weighted by Gasteiger charge is -2.11. The molecule has 0 saturated carbocycles. The van der Waals surface area contributed by atoms with Crippen molar-refractivity contribution in [2.24, 2.45) is 0 Å². The van der Waals surface area contributed by atoms with E-state index in [1.807, 2.05) is 0 Å². The van der Waals surface area contributed by atoms with Crippen LogP contribution < -0.4 is 0 Å². The van der Waals surface area contributed by atoms with E-state index in [-0.39, 0.29) is 11.1 Å². The van der Waals surface area contributed by atoms with Crippen LogP contribution in [0.5, 0.6) is 0 Å². The maximum absolute atomic E-state index is 12.8. The van der Waals surface area contributed by atoms with E-state index in [1.54, 1.807) is 0 Å². The Morgan fingerprint density at radius 2 is 2.00 bits per heavy atom. The third-order valence-electron chi connectivity index (χ3n) is 1.56. The van der Waals surface area contributed by atoms with Crippen LogP contribution in [0.4, 0.5) is 8.78 Å². The summed E-state index contributed by atoms with van der Waals surface area (Å²) in [7, 11) is 0. The monoisotopic (exact) mass is 248 g/mol. The minimum absolute atomic E-state index is 0.163. The van der Waals surface area contributed by atoms with Gasteiger partial charge in [-0.25, -0.2) is 8.78 Å². The van der Waals surface area contributed by atoms with Gasteiger partial charge in [-0.15, -0.1) is 0 Å². The summed E-state index contributed by atoms with van der Waals surface area (Å²) in [5.41, 5.74) is 0.0786. The van der Waals surface area contributed by atoms with E-state index >= 15 is 0 Å². The molecule has 0 aliphatic rings. The van der Waals surface area contributed by atoms with Crippen molar-refractivity contribution in [1.82, 2.24) is 0 Å². The summed E-state index contributed by atoms with van der Waals surface area (Å²) in [6.45, 7) is 0.795. The Bertz CT molecular complexity index is 331. The molecular weight excluding hydrogens is 242 g/mol. The summed E-state index contributed by atoms with van der Waals surface area (Å²) in [5.74, 6) is -2.92. The normalized spacial score (nSPS) is 11.4. The molecule has 0 aliphatic carbocycles. The van der Waals surface area contributed by atoms with E-state index < -0.39 is 5.92 Å². The highest BCUT2D eigenvalue weighted by Crippen LogP contribution is 2.29. The Labute approximate surface area is 82.9 Å². The molecule has 0 amide bonds. The third kappa shape index (κ3) is 2.59. The van der Waals surface area contributed by atoms with Crippen LogP contribution in [-0.2, 0) is 5.92 Å². The predicted molar refractivity (Wildman–Crippen MR) is 49.1 cm³/mol. The molecule has 1 aromatic rings. The molecule has 0 aliphatic heterocycles. The van der Waals surface area contributed by atoms with E-state index in [0.717, 1.165) is 6.92 Å². The average molecular weight is 249 g/mol. The van der Waals surface area contributed by atoms with Gasteiger partial charge in [0.2, 0.25) is 0 Å². The molecule has 0 unspecified atom stereocenters. The van der Waals surface area contributed by atoms with Gasteiger partial charge in [-0.05, 0) is 18.2 Å². The van der Waals surface area contributed by atoms with Crippen LogP contribution in [0.1, 0.15) is 22.8 Å². The molecule has 0 heterocycles. The Morgan fingerprint density at radius 3 is 2.46 bits per heavy atom. The Morgan fingerprint density at radius 1 is 1.38 bits per heavy atom. The smallest absolute Gasteiger partial charge is 0.270 e. The molecule has 70 valence electrons. The lowest BCUT2D eigenvalue weighted by Crippen LogP contribution is -2.07. The van der Waals surface area contributed by atoms with Crippen LogP contribution in [0.15, 0.2) is 22.7 Å². The number of hydrogen-bond donors (Lipinski definition) is 0. The number of halogens is 3. The molecule has 0 aromatic heterocycles. The van der Waals surface area contributed by atoms with Gasteiger partial charge in [-0.2, -0.15) is 0 Å². The first-order valence-electron chi connectivity index (χ1n) is 3.57. The first kappa shape index (κ1) is 10.3. The second kappa shape index (κ2) is 3.54. The number of aldehydes is 1. The number of alkyl halides is 2. The fourth-order valence-electron chi connectivity index (χ4n) is 0.934. The lowest BCUT2D eigenvalue weighted by atomic mass is 10.1. The Hall–Kier alpha value is -0.770. The van der Waals surface area contributed by atoms with E-state index in [1.165, 1.54) is 18.2 Å². The summed E-state index contributed by atoms with van der Waals surface area (Å²) in [6, 6.07) is 3.97. The van der Waals surface area contributed by atoms with Gasteiger partial charge < -0.3 is 0 Å². The topological polar surface area (TPSA) is 17.1 Å². The van der Waals surface area contributed by atoms with Crippen molar-refractivity contribution in [1.29, 1.82) is 0 Å². The van der Waals surface area contributed by atoms with E-state index in [4.69, 9.17) is 0 Å². The van der Waals surface area contributed by atoms with Gasteiger partial charge in [0.15, 0.2) is 0 Å². The van der Waals surface area contributed by atoms with Gasteiger partial charge in [-0.3, -0.25) is 4.79 Å². The molecule has 1 rings (SSSR count). The minimum atomic E-state index is -2.92. The van der Waals surface area contributed by atoms with Crippen molar-refractivity contribution < 1.29 is 13.6 Å². The maximum atomic E-state index is 12.8. The SMILES string of the molecule is CC(F)(F)c1cc(Br)cc(C=O)c1. The van der Waals surface area contributed by atoms with Crippen molar-refractivity contribution >= 4 is 22.2 Å². The van der Waals surface area contributed by atoms with Crippen molar-refractivity contribution in [3.8, 4) is 0 Å². The van der Waals surface area contributed by atoms with E-state index in [0.29, 0.717) is 10.8 Å². The summed E-state index contributed by atoms with van der Waals surface area (Å²) < 4.78 is 26.1. The second-order valence-corrected chi connectivity index (χ2v) is 3.70. The third-order valence-corrected chi connectivity index (χ3v) is 2.02. The first-order valence-corrected chi connectivity index (χ1v) is 4.37. The fraction of sp³-hybridized carbons (Fsp3) is 0.222. The quantitative estimate of drug-likeness (QED) is 0.734. The average Bonchev–Trinajstić information content (AvgIpc) is 2.01. The molecule has 0 atom stereocenters. The Balaban J connectivity index is 3.24. The molecule has 0 spiro atoms. The van der Waals surface area contributed by atoms with Crippen LogP contribution in [0.25, 0.3) is 0 Å². The number of carbonyl (C=O) groups excluding carboxylic acids is 1. The highest BCUT2D eigenvalue weighted by Gasteiger charge is 2.24.